The number of carbonyl (C=O) groups is 1. The molecule has 1 N–H and O–H groups in total. The van der Waals surface area contributed by atoms with Gasteiger partial charge in [0.25, 0.3) is 0 Å². The highest BCUT2D eigenvalue weighted by Crippen LogP contribution is 2.24. The number of thioether (sulfide) groups is 1. The maximum Gasteiger partial charge on any atom is 0.230 e. The van der Waals surface area contributed by atoms with Crippen LogP contribution in [0.1, 0.15) is 24.7 Å². The maximum atomic E-state index is 12.0. The third-order valence-corrected chi connectivity index (χ3v) is 5.34. The Bertz CT molecular complexity index is 910. The van der Waals surface area contributed by atoms with E-state index in [2.05, 4.69) is 27.6 Å². The first kappa shape index (κ1) is 20.9. The molecule has 3 aromatic rings. The minimum atomic E-state index is 0.00645. The van der Waals surface area contributed by atoms with Gasteiger partial charge in [0.2, 0.25) is 5.91 Å². The Balaban J connectivity index is 1.81. The Morgan fingerprint density at radius 3 is 2.52 bits per heavy atom. The van der Waals surface area contributed by atoms with E-state index in [1.165, 1.54) is 17.3 Å². The Hall–Kier alpha value is -2.80. The molecule has 0 radical (unpaired) electrons. The molecule has 1 heterocycles. The summed E-state index contributed by atoms with van der Waals surface area (Å²) in [7, 11) is 1.65. The molecule has 0 aliphatic rings. The summed E-state index contributed by atoms with van der Waals surface area (Å²) < 4.78 is 7.30. The van der Waals surface area contributed by atoms with E-state index in [1.807, 2.05) is 54.0 Å². The summed E-state index contributed by atoms with van der Waals surface area (Å²) in [5.41, 5.74) is 2.21. The summed E-state index contributed by atoms with van der Waals surface area (Å²) in [6, 6.07) is 18.1. The third kappa shape index (κ3) is 5.84. The van der Waals surface area contributed by atoms with Crippen molar-refractivity contribution in [2.75, 3.05) is 19.4 Å². The molecule has 1 aromatic heterocycles. The van der Waals surface area contributed by atoms with Crippen molar-refractivity contribution >= 4 is 17.7 Å². The standard InChI is InChI=1S/C22H26N4O2S/c1-3-15-23-21(27)16-29-22-25-24-20(14-9-17-7-5-4-6-8-17)26(22)18-10-12-19(28-2)13-11-18/h4-8,10-13H,3,9,14-16H2,1-2H3,(H,23,27). The fourth-order valence-electron chi connectivity index (χ4n) is 2.89. The lowest BCUT2D eigenvalue weighted by Gasteiger charge is -2.11. The topological polar surface area (TPSA) is 69.0 Å². The van der Waals surface area contributed by atoms with Crippen molar-refractivity contribution in [3.8, 4) is 11.4 Å². The average molecular weight is 411 g/mol. The molecule has 152 valence electrons. The van der Waals surface area contributed by atoms with Crippen LogP contribution in [0.2, 0.25) is 0 Å². The second-order valence-corrected chi connectivity index (χ2v) is 7.50. The molecule has 29 heavy (non-hydrogen) atoms. The number of methoxy groups -OCH3 is 1. The van der Waals surface area contributed by atoms with Gasteiger partial charge in [-0.15, -0.1) is 10.2 Å². The van der Waals surface area contributed by atoms with Crippen LogP contribution in [-0.4, -0.2) is 40.1 Å². The lowest BCUT2D eigenvalue weighted by atomic mass is 10.1. The maximum absolute atomic E-state index is 12.0. The molecule has 0 bridgehead atoms. The normalized spacial score (nSPS) is 10.7. The number of rotatable bonds is 10. The first-order valence-corrected chi connectivity index (χ1v) is 10.7. The van der Waals surface area contributed by atoms with Gasteiger partial charge >= 0.3 is 0 Å². The molecular weight excluding hydrogens is 384 g/mol. The van der Waals surface area contributed by atoms with Crippen LogP contribution in [0.3, 0.4) is 0 Å². The molecule has 6 nitrogen and oxygen atoms in total. The minimum Gasteiger partial charge on any atom is -0.497 e. The van der Waals surface area contributed by atoms with Crippen LogP contribution in [0.25, 0.3) is 5.69 Å². The highest BCUT2D eigenvalue weighted by Gasteiger charge is 2.16. The van der Waals surface area contributed by atoms with Gasteiger partial charge in [0.05, 0.1) is 12.9 Å². The number of ether oxygens (including phenoxy) is 1. The van der Waals surface area contributed by atoms with Crippen molar-refractivity contribution in [1.82, 2.24) is 20.1 Å². The fourth-order valence-corrected chi connectivity index (χ4v) is 3.69. The Labute approximate surface area is 175 Å². The van der Waals surface area contributed by atoms with Crippen molar-refractivity contribution in [2.45, 2.75) is 31.3 Å². The van der Waals surface area contributed by atoms with E-state index in [9.17, 15) is 4.79 Å². The summed E-state index contributed by atoms with van der Waals surface area (Å²) in [4.78, 5) is 12.0. The Morgan fingerprint density at radius 2 is 1.83 bits per heavy atom. The van der Waals surface area contributed by atoms with Gasteiger partial charge in [-0.05, 0) is 42.7 Å². The largest absolute Gasteiger partial charge is 0.497 e. The first-order valence-electron chi connectivity index (χ1n) is 9.73. The predicted molar refractivity (Wildman–Crippen MR) is 116 cm³/mol. The van der Waals surface area contributed by atoms with Gasteiger partial charge in [0.15, 0.2) is 5.16 Å². The SMILES string of the molecule is CCCNC(=O)CSc1nnc(CCc2ccccc2)n1-c1ccc(OC)cc1. The average Bonchev–Trinajstić information content (AvgIpc) is 3.18. The fraction of sp³-hybridized carbons (Fsp3) is 0.318. The molecule has 0 spiro atoms. The molecule has 1 amide bonds. The van der Waals surface area contributed by atoms with Crippen LogP contribution in [0, 0.1) is 0 Å². The van der Waals surface area contributed by atoms with Gasteiger partial charge in [-0.2, -0.15) is 0 Å². The van der Waals surface area contributed by atoms with Gasteiger partial charge in [-0.3, -0.25) is 9.36 Å². The highest BCUT2D eigenvalue weighted by molar-refractivity contribution is 7.99. The molecule has 0 atom stereocenters. The lowest BCUT2D eigenvalue weighted by molar-refractivity contribution is -0.118. The van der Waals surface area contributed by atoms with Crippen molar-refractivity contribution in [1.29, 1.82) is 0 Å². The van der Waals surface area contributed by atoms with Gasteiger partial charge in [-0.25, -0.2) is 0 Å². The molecule has 0 fully saturated rings. The number of benzene rings is 2. The molecule has 0 aliphatic carbocycles. The van der Waals surface area contributed by atoms with Crippen LogP contribution in [-0.2, 0) is 17.6 Å². The first-order chi connectivity index (χ1) is 14.2. The van der Waals surface area contributed by atoms with Gasteiger partial charge in [0.1, 0.15) is 11.6 Å². The Morgan fingerprint density at radius 1 is 1.07 bits per heavy atom. The van der Waals surface area contributed by atoms with E-state index >= 15 is 0 Å². The number of nitrogens with zero attached hydrogens (tertiary/aromatic N) is 3. The molecular formula is C22H26N4O2S. The van der Waals surface area contributed by atoms with E-state index in [-0.39, 0.29) is 5.91 Å². The molecule has 3 rings (SSSR count). The monoisotopic (exact) mass is 410 g/mol. The summed E-state index contributed by atoms with van der Waals surface area (Å²) in [6.45, 7) is 2.72. The van der Waals surface area contributed by atoms with Crippen molar-refractivity contribution in [3.63, 3.8) is 0 Å². The van der Waals surface area contributed by atoms with Crippen molar-refractivity contribution in [3.05, 3.63) is 66.0 Å². The van der Waals surface area contributed by atoms with E-state index < -0.39 is 0 Å². The molecule has 0 unspecified atom stereocenters. The van der Waals surface area contributed by atoms with Crippen LogP contribution in [0.5, 0.6) is 5.75 Å². The zero-order chi connectivity index (χ0) is 20.5. The smallest absolute Gasteiger partial charge is 0.230 e. The van der Waals surface area contributed by atoms with E-state index in [0.29, 0.717) is 17.5 Å². The Kier molecular flexibility index (Phi) is 7.69. The summed E-state index contributed by atoms with van der Waals surface area (Å²) in [6.07, 6.45) is 2.55. The molecule has 2 aromatic carbocycles. The summed E-state index contributed by atoms with van der Waals surface area (Å²) in [5.74, 6) is 1.98. The summed E-state index contributed by atoms with van der Waals surface area (Å²) in [5, 5.41) is 12.4. The number of nitrogens with one attached hydrogen (secondary N) is 1. The lowest BCUT2D eigenvalue weighted by Crippen LogP contribution is -2.25. The van der Waals surface area contributed by atoms with Gasteiger partial charge in [-0.1, -0.05) is 49.0 Å². The number of aromatic nitrogens is 3. The molecule has 7 heteroatoms. The predicted octanol–water partition coefficient (Wildman–Crippen LogP) is 3.68. The number of amides is 1. The highest BCUT2D eigenvalue weighted by atomic mass is 32.2. The van der Waals surface area contributed by atoms with E-state index in [1.54, 1.807) is 7.11 Å². The van der Waals surface area contributed by atoms with E-state index in [0.717, 1.165) is 36.5 Å². The molecule has 0 aliphatic heterocycles. The van der Waals surface area contributed by atoms with Gasteiger partial charge < -0.3 is 10.1 Å². The third-order valence-electron chi connectivity index (χ3n) is 4.42. The summed E-state index contributed by atoms with van der Waals surface area (Å²) >= 11 is 1.40. The van der Waals surface area contributed by atoms with Crippen LogP contribution >= 0.6 is 11.8 Å². The van der Waals surface area contributed by atoms with E-state index in [4.69, 9.17) is 4.74 Å². The van der Waals surface area contributed by atoms with Gasteiger partial charge in [0, 0.05) is 18.7 Å². The zero-order valence-corrected chi connectivity index (χ0v) is 17.6. The quantitative estimate of drug-likeness (QED) is 0.517. The number of hydrogen-bond donors (Lipinski definition) is 1. The number of hydrogen-bond acceptors (Lipinski definition) is 5. The second-order valence-electron chi connectivity index (χ2n) is 6.56. The van der Waals surface area contributed by atoms with Crippen LogP contribution < -0.4 is 10.1 Å². The minimum absolute atomic E-state index is 0.00645. The van der Waals surface area contributed by atoms with Crippen molar-refractivity contribution in [2.24, 2.45) is 0 Å². The molecule has 0 saturated carbocycles. The second kappa shape index (κ2) is 10.7. The van der Waals surface area contributed by atoms with Crippen LogP contribution in [0.15, 0.2) is 59.8 Å². The zero-order valence-electron chi connectivity index (χ0n) is 16.8. The molecule has 0 saturated heterocycles. The van der Waals surface area contributed by atoms with Crippen LogP contribution in [0.4, 0.5) is 0 Å². The number of aryl methyl sites for hydroxylation is 2. The number of carbonyl (C=O) groups excluding carboxylic acids is 1. The van der Waals surface area contributed by atoms with Crippen molar-refractivity contribution < 1.29 is 9.53 Å².